The smallest absolute Gasteiger partial charge is 0.227 e. The van der Waals surface area contributed by atoms with Crippen molar-refractivity contribution in [3.05, 3.63) is 60.7 Å². The molecule has 130 valence electrons. The summed E-state index contributed by atoms with van der Waals surface area (Å²) in [6.07, 6.45) is 6.86. The second-order valence-corrected chi connectivity index (χ2v) is 5.97. The van der Waals surface area contributed by atoms with Gasteiger partial charge in [0, 0.05) is 5.92 Å². The standard InChI is InChI=1S/C21H23NO3/c1-2-24-17-12-14-18(15-13-17)25-20-11-7-6-10-19(20)22-21(23)16-8-4-3-5-9-16/h3-4,6-7,10-16H,2,5,8-9H2,1H3,(H,22,23)/t16-/m1/s1. The van der Waals surface area contributed by atoms with Gasteiger partial charge in [-0.25, -0.2) is 0 Å². The first-order valence-electron chi connectivity index (χ1n) is 8.72. The predicted molar refractivity (Wildman–Crippen MR) is 99.2 cm³/mol. The van der Waals surface area contributed by atoms with Crippen LogP contribution >= 0.6 is 0 Å². The zero-order valence-electron chi connectivity index (χ0n) is 14.4. The lowest BCUT2D eigenvalue weighted by molar-refractivity contribution is -0.120. The van der Waals surface area contributed by atoms with Crippen LogP contribution in [0, 0.1) is 5.92 Å². The molecule has 0 aromatic heterocycles. The van der Waals surface area contributed by atoms with Crippen LogP contribution in [0.2, 0.25) is 0 Å². The minimum atomic E-state index is 0.0310. The molecule has 0 bridgehead atoms. The third-order valence-corrected chi connectivity index (χ3v) is 4.15. The van der Waals surface area contributed by atoms with Gasteiger partial charge in [0.15, 0.2) is 5.75 Å². The number of benzene rings is 2. The molecule has 0 unspecified atom stereocenters. The number of hydrogen-bond donors (Lipinski definition) is 1. The lowest BCUT2D eigenvalue weighted by Gasteiger charge is -2.18. The van der Waals surface area contributed by atoms with Crippen molar-refractivity contribution in [1.29, 1.82) is 0 Å². The minimum absolute atomic E-state index is 0.0310. The van der Waals surface area contributed by atoms with Gasteiger partial charge in [-0.2, -0.15) is 0 Å². The molecule has 0 heterocycles. The van der Waals surface area contributed by atoms with Crippen LogP contribution in [0.5, 0.6) is 17.2 Å². The van der Waals surface area contributed by atoms with Crippen LogP contribution in [-0.2, 0) is 4.79 Å². The van der Waals surface area contributed by atoms with E-state index < -0.39 is 0 Å². The van der Waals surface area contributed by atoms with Crippen molar-refractivity contribution in [1.82, 2.24) is 0 Å². The van der Waals surface area contributed by atoms with Crippen molar-refractivity contribution in [3.8, 4) is 17.2 Å². The molecule has 2 aromatic rings. The Labute approximate surface area is 148 Å². The number of rotatable bonds is 6. The van der Waals surface area contributed by atoms with E-state index in [9.17, 15) is 4.79 Å². The number of carbonyl (C=O) groups is 1. The fraction of sp³-hybridized carbons (Fsp3) is 0.286. The van der Waals surface area contributed by atoms with Crippen molar-refractivity contribution >= 4 is 11.6 Å². The molecule has 3 rings (SSSR count). The molecule has 1 amide bonds. The van der Waals surface area contributed by atoms with Gasteiger partial charge in [0.05, 0.1) is 12.3 Å². The summed E-state index contributed by atoms with van der Waals surface area (Å²) in [5.74, 6) is 2.22. The lowest BCUT2D eigenvalue weighted by atomic mass is 9.93. The quantitative estimate of drug-likeness (QED) is 0.740. The molecule has 0 aliphatic heterocycles. The number of carbonyl (C=O) groups excluding carboxylic acids is 1. The zero-order chi connectivity index (χ0) is 17.5. The van der Waals surface area contributed by atoms with Crippen LogP contribution in [0.3, 0.4) is 0 Å². The van der Waals surface area contributed by atoms with Gasteiger partial charge in [-0.3, -0.25) is 4.79 Å². The Morgan fingerprint density at radius 3 is 2.56 bits per heavy atom. The molecule has 1 aliphatic rings. The molecule has 0 spiro atoms. The average molecular weight is 337 g/mol. The summed E-state index contributed by atoms with van der Waals surface area (Å²) < 4.78 is 11.4. The summed E-state index contributed by atoms with van der Waals surface area (Å²) in [6.45, 7) is 2.58. The number of hydrogen-bond acceptors (Lipinski definition) is 3. The number of para-hydroxylation sites is 2. The topological polar surface area (TPSA) is 47.6 Å². The summed E-state index contributed by atoms with van der Waals surface area (Å²) in [5.41, 5.74) is 0.691. The Morgan fingerprint density at radius 1 is 1.08 bits per heavy atom. The van der Waals surface area contributed by atoms with Gasteiger partial charge >= 0.3 is 0 Å². The van der Waals surface area contributed by atoms with E-state index in [1.54, 1.807) is 0 Å². The number of ether oxygens (including phenoxy) is 2. The van der Waals surface area contributed by atoms with E-state index in [1.165, 1.54) is 0 Å². The fourth-order valence-corrected chi connectivity index (χ4v) is 2.82. The average Bonchev–Trinajstić information content (AvgIpc) is 2.66. The number of allylic oxidation sites excluding steroid dienone is 2. The van der Waals surface area contributed by atoms with Crippen molar-refractivity contribution in [2.75, 3.05) is 11.9 Å². The van der Waals surface area contributed by atoms with Gasteiger partial charge in [0.2, 0.25) is 5.91 Å². The number of nitrogens with one attached hydrogen (secondary N) is 1. The first-order valence-corrected chi connectivity index (χ1v) is 8.72. The maximum Gasteiger partial charge on any atom is 0.227 e. The minimum Gasteiger partial charge on any atom is -0.494 e. The molecule has 1 N–H and O–H groups in total. The maximum absolute atomic E-state index is 12.5. The van der Waals surface area contributed by atoms with Crippen molar-refractivity contribution in [2.24, 2.45) is 5.92 Å². The van der Waals surface area contributed by atoms with Crippen molar-refractivity contribution in [2.45, 2.75) is 26.2 Å². The first-order chi connectivity index (χ1) is 12.3. The van der Waals surface area contributed by atoms with E-state index in [2.05, 4.69) is 17.5 Å². The molecular weight excluding hydrogens is 314 g/mol. The molecule has 1 atom stereocenters. The number of amides is 1. The molecule has 1 aliphatic carbocycles. The van der Waals surface area contributed by atoms with Gasteiger partial charge in [-0.15, -0.1) is 0 Å². The molecule has 0 saturated heterocycles. The second kappa shape index (κ2) is 8.38. The van der Waals surface area contributed by atoms with Crippen LogP contribution in [0.4, 0.5) is 5.69 Å². The molecule has 25 heavy (non-hydrogen) atoms. The Balaban J connectivity index is 1.69. The van der Waals surface area contributed by atoms with Crippen LogP contribution in [-0.4, -0.2) is 12.5 Å². The van der Waals surface area contributed by atoms with Crippen LogP contribution < -0.4 is 14.8 Å². The van der Waals surface area contributed by atoms with Crippen molar-refractivity contribution < 1.29 is 14.3 Å². The third-order valence-electron chi connectivity index (χ3n) is 4.15. The van der Waals surface area contributed by atoms with E-state index in [0.717, 1.165) is 25.0 Å². The van der Waals surface area contributed by atoms with Gasteiger partial charge in [0.25, 0.3) is 0 Å². The van der Waals surface area contributed by atoms with Crippen molar-refractivity contribution in [3.63, 3.8) is 0 Å². The van der Waals surface area contributed by atoms with Gasteiger partial charge in [-0.1, -0.05) is 24.3 Å². The highest BCUT2D eigenvalue weighted by Gasteiger charge is 2.19. The summed E-state index contributed by atoms with van der Waals surface area (Å²) in [6, 6.07) is 14.9. The molecule has 0 saturated carbocycles. The highest BCUT2D eigenvalue weighted by molar-refractivity contribution is 5.94. The Hall–Kier alpha value is -2.75. The Morgan fingerprint density at radius 2 is 1.84 bits per heavy atom. The Kier molecular flexibility index (Phi) is 5.73. The Bertz CT molecular complexity index is 737. The monoisotopic (exact) mass is 337 g/mol. The second-order valence-electron chi connectivity index (χ2n) is 5.97. The molecular formula is C21H23NO3. The van der Waals surface area contributed by atoms with E-state index in [0.29, 0.717) is 23.8 Å². The SMILES string of the molecule is CCOc1ccc(Oc2ccccc2NC(=O)[C@@H]2CC=CCC2)cc1. The molecule has 0 radical (unpaired) electrons. The van der Waals surface area contributed by atoms with Gasteiger partial charge in [0.1, 0.15) is 11.5 Å². The highest BCUT2D eigenvalue weighted by atomic mass is 16.5. The number of anilines is 1. The highest BCUT2D eigenvalue weighted by Crippen LogP contribution is 2.31. The van der Waals surface area contributed by atoms with E-state index in [-0.39, 0.29) is 11.8 Å². The molecule has 4 nitrogen and oxygen atoms in total. The van der Waals surface area contributed by atoms with E-state index in [1.807, 2.05) is 55.5 Å². The molecule has 2 aromatic carbocycles. The van der Waals surface area contributed by atoms with Crippen LogP contribution in [0.25, 0.3) is 0 Å². The lowest BCUT2D eigenvalue weighted by Crippen LogP contribution is -2.23. The molecule has 0 fully saturated rings. The van der Waals surface area contributed by atoms with Crippen LogP contribution in [0.1, 0.15) is 26.2 Å². The largest absolute Gasteiger partial charge is 0.494 e. The predicted octanol–water partition coefficient (Wildman–Crippen LogP) is 5.17. The molecule has 4 heteroatoms. The summed E-state index contributed by atoms with van der Waals surface area (Å²) in [5, 5.41) is 3.01. The first kappa shape index (κ1) is 17.1. The maximum atomic E-state index is 12.5. The van der Waals surface area contributed by atoms with E-state index in [4.69, 9.17) is 9.47 Å². The normalized spacial score (nSPS) is 16.3. The van der Waals surface area contributed by atoms with Gasteiger partial charge in [-0.05, 0) is 62.6 Å². The van der Waals surface area contributed by atoms with Gasteiger partial charge < -0.3 is 14.8 Å². The summed E-state index contributed by atoms with van der Waals surface area (Å²) >= 11 is 0. The van der Waals surface area contributed by atoms with E-state index >= 15 is 0 Å². The third kappa shape index (κ3) is 4.63. The zero-order valence-corrected chi connectivity index (χ0v) is 14.4. The fourth-order valence-electron chi connectivity index (χ4n) is 2.82. The van der Waals surface area contributed by atoms with Crippen LogP contribution in [0.15, 0.2) is 60.7 Å². The summed E-state index contributed by atoms with van der Waals surface area (Å²) in [7, 11) is 0. The summed E-state index contributed by atoms with van der Waals surface area (Å²) in [4.78, 5) is 12.5.